The predicted molar refractivity (Wildman–Crippen MR) is 165 cm³/mol. The molecular formula is C32H36INO10. The van der Waals surface area contributed by atoms with Gasteiger partial charge in [-0.05, 0) is 39.2 Å². The first kappa shape index (κ1) is 31.4. The molecular weight excluding hydrogens is 685 g/mol. The van der Waals surface area contributed by atoms with Crippen molar-refractivity contribution in [2.75, 3.05) is 20.8 Å². The maximum Gasteiger partial charge on any atom is 0.202 e. The van der Waals surface area contributed by atoms with E-state index in [0.717, 1.165) is 25.8 Å². The van der Waals surface area contributed by atoms with Gasteiger partial charge in [0.25, 0.3) is 0 Å². The molecule has 7 atom stereocenters. The minimum atomic E-state index is -1.96. The third-order valence-corrected chi connectivity index (χ3v) is 10.9. The van der Waals surface area contributed by atoms with Crippen LogP contribution in [0.25, 0.3) is 0 Å². The fourth-order valence-electron chi connectivity index (χ4n) is 7.29. The van der Waals surface area contributed by atoms with Gasteiger partial charge in [0.15, 0.2) is 17.9 Å². The quantitative estimate of drug-likeness (QED) is 0.195. The number of carbonyl (C=O) groups excluding carboxylic acids is 3. The highest BCUT2D eigenvalue weighted by Gasteiger charge is 2.51. The molecule has 44 heavy (non-hydrogen) atoms. The van der Waals surface area contributed by atoms with E-state index in [1.165, 1.54) is 26.2 Å². The first-order valence-corrected chi connectivity index (χ1v) is 16.0. The van der Waals surface area contributed by atoms with Crippen LogP contribution in [0.4, 0.5) is 0 Å². The van der Waals surface area contributed by atoms with Crippen molar-refractivity contribution in [3.8, 4) is 17.2 Å². The molecule has 2 aliphatic heterocycles. The Kier molecular flexibility index (Phi) is 8.29. The number of Topliss-reactive ketones (excluding diaryl/α,β-unsaturated/α-hetero) is 1. The summed E-state index contributed by atoms with van der Waals surface area (Å²) in [7, 11) is 3.06. The topological polar surface area (TPSA) is 152 Å². The molecule has 2 aromatic carbocycles. The minimum absolute atomic E-state index is 0.0154. The molecule has 0 amide bonds. The van der Waals surface area contributed by atoms with E-state index in [-0.39, 0.29) is 74.3 Å². The molecule has 3 N–H and O–H groups in total. The van der Waals surface area contributed by atoms with Crippen molar-refractivity contribution in [3.63, 3.8) is 0 Å². The summed E-state index contributed by atoms with van der Waals surface area (Å²) in [5.74, 6) is -2.90. The molecule has 2 heterocycles. The molecule has 2 fully saturated rings. The standard InChI is InChI=1S/C32H36INO10/c1-14-11-18(34-10-6-9-21(34)42-4)26(33)31(43-14)44-20-13-32(40,15(2)35)12-17-23(20)30(39)25-24(28(17)37)27(36)16-7-5-8-19(41-3)22(16)29(25)38/h5,7-8,14,18,20-21,26,31,37,39-40H,6,9-13H2,1-4H3/t14?,18?,20-,21?,26?,31?,32-/m0/s1. The lowest BCUT2D eigenvalue weighted by atomic mass is 9.72. The second kappa shape index (κ2) is 11.6. The van der Waals surface area contributed by atoms with Crippen molar-refractivity contribution in [2.24, 2.45) is 0 Å². The molecule has 4 aliphatic rings. The molecule has 11 nitrogen and oxygen atoms in total. The molecule has 5 unspecified atom stereocenters. The number of ketones is 3. The molecule has 0 spiro atoms. The molecule has 0 bridgehead atoms. The van der Waals surface area contributed by atoms with Crippen LogP contribution in [-0.4, -0.2) is 92.5 Å². The van der Waals surface area contributed by atoms with Gasteiger partial charge < -0.3 is 34.3 Å². The van der Waals surface area contributed by atoms with Gasteiger partial charge in [-0.3, -0.25) is 19.3 Å². The van der Waals surface area contributed by atoms with Crippen LogP contribution in [0.15, 0.2) is 18.2 Å². The summed E-state index contributed by atoms with van der Waals surface area (Å²) in [5.41, 5.74) is -2.69. The van der Waals surface area contributed by atoms with E-state index in [0.29, 0.717) is 0 Å². The van der Waals surface area contributed by atoms with Crippen LogP contribution in [0.3, 0.4) is 0 Å². The lowest BCUT2D eigenvalue weighted by Gasteiger charge is -2.46. The van der Waals surface area contributed by atoms with E-state index in [1.54, 1.807) is 13.2 Å². The molecule has 236 valence electrons. The summed E-state index contributed by atoms with van der Waals surface area (Å²) in [6, 6.07) is 4.58. The van der Waals surface area contributed by atoms with Gasteiger partial charge in [-0.2, -0.15) is 0 Å². The lowest BCUT2D eigenvalue weighted by Crippen LogP contribution is -2.55. The zero-order chi connectivity index (χ0) is 31.7. The number of hydrogen-bond donors (Lipinski definition) is 3. The van der Waals surface area contributed by atoms with Crippen LogP contribution in [0.2, 0.25) is 0 Å². The predicted octanol–water partition coefficient (Wildman–Crippen LogP) is 3.58. The number of likely N-dealkylation sites (tertiary alicyclic amines) is 1. The highest BCUT2D eigenvalue weighted by Crippen LogP contribution is 2.53. The van der Waals surface area contributed by atoms with Gasteiger partial charge in [0.2, 0.25) is 5.78 Å². The monoisotopic (exact) mass is 721 g/mol. The average molecular weight is 722 g/mol. The lowest BCUT2D eigenvalue weighted by molar-refractivity contribution is -0.230. The highest BCUT2D eigenvalue weighted by molar-refractivity contribution is 14.1. The summed E-state index contributed by atoms with van der Waals surface area (Å²) in [6.45, 7) is 4.04. The first-order chi connectivity index (χ1) is 20.9. The maximum absolute atomic E-state index is 13.9. The Bertz CT molecular complexity index is 1540. The van der Waals surface area contributed by atoms with Gasteiger partial charge >= 0.3 is 0 Å². The van der Waals surface area contributed by atoms with Crippen molar-refractivity contribution in [1.82, 2.24) is 4.90 Å². The number of carbonyl (C=O) groups is 3. The largest absolute Gasteiger partial charge is 0.507 e. The Hall–Kier alpha value is -2.62. The van der Waals surface area contributed by atoms with Crippen LogP contribution < -0.4 is 4.74 Å². The number of benzene rings is 2. The third kappa shape index (κ3) is 4.85. The average Bonchev–Trinajstić information content (AvgIpc) is 3.47. The van der Waals surface area contributed by atoms with E-state index >= 15 is 0 Å². The number of aliphatic hydroxyl groups is 1. The summed E-state index contributed by atoms with van der Waals surface area (Å²) < 4.78 is 23.7. The number of nitrogens with zero attached hydrogens (tertiary/aromatic N) is 1. The van der Waals surface area contributed by atoms with Crippen LogP contribution in [-0.2, 0) is 25.4 Å². The Labute approximate surface area is 268 Å². The zero-order valence-corrected chi connectivity index (χ0v) is 27.1. The fraction of sp³-hybridized carbons (Fsp3) is 0.531. The molecule has 2 aliphatic carbocycles. The highest BCUT2D eigenvalue weighted by atomic mass is 127. The van der Waals surface area contributed by atoms with E-state index in [4.69, 9.17) is 18.9 Å². The van der Waals surface area contributed by atoms with E-state index in [1.807, 2.05) is 6.92 Å². The van der Waals surface area contributed by atoms with Crippen molar-refractivity contribution >= 4 is 39.9 Å². The number of fused-ring (bicyclic) bond motifs is 3. The second-order valence-corrected chi connectivity index (χ2v) is 13.5. The Balaban J connectivity index is 1.45. The van der Waals surface area contributed by atoms with E-state index in [9.17, 15) is 29.7 Å². The van der Waals surface area contributed by atoms with Crippen LogP contribution >= 0.6 is 22.6 Å². The van der Waals surface area contributed by atoms with Gasteiger partial charge in [-0.1, -0.05) is 34.7 Å². The van der Waals surface area contributed by atoms with E-state index in [2.05, 4.69) is 27.5 Å². The molecule has 6 rings (SSSR count). The fourth-order valence-corrected chi connectivity index (χ4v) is 8.34. The van der Waals surface area contributed by atoms with Gasteiger partial charge in [-0.25, -0.2) is 0 Å². The first-order valence-electron chi connectivity index (χ1n) is 14.8. The summed E-state index contributed by atoms with van der Waals surface area (Å²) >= 11 is 2.29. The SMILES string of the molecule is COc1cccc2c1C(=O)c1c(O)c3c(c(O)c1C2=O)C[C@@](O)(C(C)=O)C[C@@H]3OC1OC(C)CC(N2CCCC2OC)C1I. The third-order valence-electron chi connectivity index (χ3n) is 9.53. The summed E-state index contributed by atoms with van der Waals surface area (Å²) in [5, 5.41) is 34.8. The number of alkyl halides is 1. The van der Waals surface area contributed by atoms with Crippen LogP contribution in [0.1, 0.15) is 88.6 Å². The number of phenolic OH excluding ortho intramolecular Hbond substituents is 2. The number of ether oxygens (including phenoxy) is 4. The Morgan fingerprint density at radius 2 is 1.84 bits per heavy atom. The van der Waals surface area contributed by atoms with Crippen molar-refractivity contribution in [2.45, 2.75) is 86.2 Å². The molecule has 0 aromatic heterocycles. The Morgan fingerprint density at radius 3 is 2.52 bits per heavy atom. The molecule has 0 radical (unpaired) electrons. The van der Waals surface area contributed by atoms with Gasteiger partial charge in [0.05, 0.1) is 39.9 Å². The normalized spacial score (nSPS) is 31.8. The number of aromatic hydroxyl groups is 2. The van der Waals surface area contributed by atoms with Crippen LogP contribution in [0.5, 0.6) is 17.2 Å². The van der Waals surface area contributed by atoms with Crippen molar-refractivity contribution < 1.29 is 48.7 Å². The molecule has 0 saturated carbocycles. The molecule has 2 aromatic rings. The number of phenols is 2. The van der Waals surface area contributed by atoms with Crippen molar-refractivity contribution in [1.29, 1.82) is 0 Å². The zero-order valence-electron chi connectivity index (χ0n) is 25.0. The number of methoxy groups -OCH3 is 2. The summed E-state index contributed by atoms with van der Waals surface area (Å²) in [4.78, 5) is 42.7. The molecule has 2 saturated heterocycles. The van der Waals surface area contributed by atoms with Gasteiger partial charge in [-0.15, -0.1) is 0 Å². The number of rotatable bonds is 6. The van der Waals surface area contributed by atoms with Gasteiger partial charge in [0, 0.05) is 49.2 Å². The minimum Gasteiger partial charge on any atom is -0.507 e. The van der Waals surface area contributed by atoms with Crippen molar-refractivity contribution in [3.05, 3.63) is 51.6 Å². The smallest absolute Gasteiger partial charge is 0.202 e. The van der Waals surface area contributed by atoms with E-state index < -0.39 is 46.8 Å². The maximum atomic E-state index is 13.9. The Morgan fingerprint density at radius 1 is 1.11 bits per heavy atom. The second-order valence-electron chi connectivity index (χ2n) is 12.1. The molecule has 12 heteroatoms. The van der Waals surface area contributed by atoms with Gasteiger partial charge in [0.1, 0.15) is 29.1 Å². The summed E-state index contributed by atoms with van der Waals surface area (Å²) in [6.07, 6.45) is -0.189. The van der Waals surface area contributed by atoms with Crippen LogP contribution in [0, 0.1) is 0 Å². The number of halogens is 1. The number of hydrogen-bond acceptors (Lipinski definition) is 11.